The number of carbonyl (C=O) groups is 1. The van der Waals surface area contributed by atoms with Crippen molar-refractivity contribution in [2.75, 3.05) is 0 Å². The first kappa shape index (κ1) is 10.7. The number of aldehydes is 1. The van der Waals surface area contributed by atoms with Crippen molar-refractivity contribution >= 4 is 6.29 Å². The molecule has 1 saturated carbocycles. The van der Waals surface area contributed by atoms with Gasteiger partial charge in [-0.2, -0.15) is 0 Å². The molecule has 0 spiro atoms. The third-order valence-electron chi connectivity index (χ3n) is 3.81. The van der Waals surface area contributed by atoms with E-state index in [1.807, 2.05) is 6.92 Å². The molecule has 13 heavy (non-hydrogen) atoms. The lowest BCUT2D eigenvalue weighted by molar-refractivity contribution is -0.109. The van der Waals surface area contributed by atoms with Gasteiger partial charge in [0.2, 0.25) is 0 Å². The molecule has 0 saturated heterocycles. The molecule has 3 unspecified atom stereocenters. The van der Waals surface area contributed by atoms with Crippen molar-refractivity contribution in [1.82, 2.24) is 0 Å². The van der Waals surface area contributed by atoms with Gasteiger partial charge in [-0.1, -0.05) is 13.8 Å². The summed E-state index contributed by atoms with van der Waals surface area (Å²) in [5.74, 6) is 1.25. The number of hydrogen-bond acceptors (Lipinski definition) is 2. The Morgan fingerprint density at radius 1 is 1.69 bits per heavy atom. The summed E-state index contributed by atoms with van der Waals surface area (Å²) in [5.41, 5.74) is -0.512. The third-order valence-corrected chi connectivity index (χ3v) is 3.81. The zero-order valence-electron chi connectivity index (χ0n) is 8.79. The van der Waals surface area contributed by atoms with Crippen molar-refractivity contribution in [3.63, 3.8) is 0 Å². The SMILES string of the molecule is CC1C([C@H](C)CC=O)CCC1(C)O. The van der Waals surface area contributed by atoms with Crippen molar-refractivity contribution in [2.45, 2.75) is 45.6 Å². The van der Waals surface area contributed by atoms with Gasteiger partial charge in [-0.05, 0) is 37.5 Å². The summed E-state index contributed by atoms with van der Waals surface area (Å²) in [6, 6.07) is 0. The van der Waals surface area contributed by atoms with Gasteiger partial charge in [0.25, 0.3) is 0 Å². The van der Waals surface area contributed by atoms with Crippen LogP contribution in [0.2, 0.25) is 0 Å². The number of hydrogen-bond donors (Lipinski definition) is 1. The molecule has 1 aliphatic carbocycles. The van der Waals surface area contributed by atoms with Gasteiger partial charge in [0.15, 0.2) is 0 Å². The molecule has 0 radical (unpaired) electrons. The van der Waals surface area contributed by atoms with E-state index in [1.54, 1.807) is 0 Å². The van der Waals surface area contributed by atoms with Gasteiger partial charge in [0.1, 0.15) is 6.29 Å². The first-order chi connectivity index (χ1) is 5.99. The van der Waals surface area contributed by atoms with Crippen molar-refractivity contribution in [2.24, 2.45) is 17.8 Å². The van der Waals surface area contributed by atoms with Crippen LogP contribution in [0.5, 0.6) is 0 Å². The molecule has 1 rings (SSSR count). The summed E-state index contributed by atoms with van der Waals surface area (Å²) in [7, 11) is 0. The quantitative estimate of drug-likeness (QED) is 0.681. The zero-order chi connectivity index (χ0) is 10.1. The third kappa shape index (κ3) is 2.11. The van der Waals surface area contributed by atoms with E-state index in [9.17, 15) is 9.90 Å². The highest BCUT2D eigenvalue weighted by Gasteiger charge is 2.42. The van der Waals surface area contributed by atoms with E-state index in [0.717, 1.165) is 19.1 Å². The fourth-order valence-corrected chi connectivity index (χ4v) is 2.50. The molecule has 2 nitrogen and oxygen atoms in total. The van der Waals surface area contributed by atoms with Gasteiger partial charge < -0.3 is 9.90 Å². The van der Waals surface area contributed by atoms with Crippen LogP contribution in [0.15, 0.2) is 0 Å². The monoisotopic (exact) mass is 184 g/mol. The summed E-state index contributed by atoms with van der Waals surface area (Å²) in [5, 5.41) is 9.96. The Bertz CT molecular complexity index is 187. The van der Waals surface area contributed by atoms with E-state index < -0.39 is 5.60 Å². The van der Waals surface area contributed by atoms with Crippen LogP contribution in [-0.2, 0) is 4.79 Å². The Hall–Kier alpha value is -0.370. The molecule has 1 fully saturated rings. The highest BCUT2D eigenvalue weighted by atomic mass is 16.3. The van der Waals surface area contributed by atoms with Crippen LogP contribution in [0.3, 0.4) is 0 Å². The molecule has 0 aromatic carbocycles. The number of aliphatic hydroxyl groups is 1. The summed E-state index contributed by atoms with van der Waals surface area (Å²) >= 11 is 0. The molecule has 1 aliphatic rings. The van der Waals surface area contributed by atoms with Crippen LogP contribution in [0.4, 0.5) is 0 Å². The van der Waals surface area contributed by atoms with Gasteiger partial charge in [-0.25, -0.2) is 0 Å². The van der Waals surface area contributed by atoms with Crippen molar-refractivity contribution in [3.8, 4) is 0 Å². The minimum absolute atomic E-state index is 0.322. The molecular formula is C11H20O2. The number of carbonyl (C=O) groups excluding carboxylic acids is 1. The summed E-state index contributed by atoms with van der Waals surface area (Å²) < 4.78 is 0. The normalized spacial score (nSPS) is 41.8. The van der Waals surface area contributed by atoms with Gasteiger partial charge in [0, 0.05) is 6.42 Å². The first-order valence-electron chi connectivity index (χ1n) is 5.15. The van der Waals surface area contributed by atoms with E-state index in [2.05, 4.69) is 13.8 Å². The van der Waals surface area contributed by atoms with Crippen LogP contribution in [-0.4, -0.2) is 17.0 Å². The fourth-order valence-electron chi connectivity index (χ4n) is 2.50. The van der Waals surface area contributed by atoms with Crippen molar-refractivity contribution < 1.29 is 9.90 Å². The van der Waals surface area contributed by atoms with E-state index >= 15 is 0 Å². The highest BCUT2D eigenvalue weighted by Crippen LogP contribution is 2.43. The Labute approximate surface area is 80.3 Å². The van der Waals surface area contributed by atoms with E-state index in [0.29, 0.717) is 24.2 Å². The molecule has 2 heteroatoms. The first-order valence-corrected chi connectivity index (χ1v) is 5.15. The molecule has 0 amide bonds. The molecular weight excluding hydrogens is 164 g/mol. The Kier molecular flexibility index (Phi) is 3.12. The van der Waals surface area contributed by atoms with Gasteiger partial charge in [0.05, 0.1) is 5.60 Å². The van der Waals surface area contributed by atoms with Gasteiger partial charge in [-0.15, -0.1) is 0 Å². The summed E-state index contributed by atoms with van der Waals surface area (Å²) in [4.78, 5) is 10.4. The summed E-state index contributed by atoms with van der Waals surface area (Å²) in [6.07, 6.45) is 3.56. The molecule has 0 bridgehead atoms. The largest absolute Gasteiger partial charge is 0.390 e. The Balaban J connectivity index is 2.59. The zero-order valence-corrected chi connectivity index (χ0v) is 8.79. The topological polar surface area (TPSA) is 37.3 Å². The van der Waals surface area contributed by atoms with Crippen LogP contribution in [0.1, 0.15) is 40.0 Å². The van der Waals surface area contributed by atoms with Crippen LogP contribution >= 0.6 is 0 Å². The molecule has 0 aromatic rings. The summed E-state index contributed by atoms with van der Waals surface area (Å²) in [6.45, 7) is 6.11. The average Bonchev–Trinajstić information content (AvgIpc) is 2.28. The Morgan fingerprint density at radius 2 is 2.31 bits per heavy atom. The second kappa shape index (κ2) is 3.79. The van der Waals surface area contributed by atoms with Crippen molar-refractivity contribution in [3.05, 3.63) is 0 Å². The second-order valence-electron chi connectivity index (χ2n) is 4.73. The van der Waals surface area contributed by atoms with Gasteiger partial charge in [-0.3, -0.25) is 0 Å². The minimum atomic E-state index is -0.512. The smallest absolute Gasteiger partial charge is 0.120 e. The lowest BCUT2D eigenvalue weighted by atomic mass is 9.81. The standard InChI is InChI=1S/C11H20O2/c1-8(5-7-12)10-4-6-11(3,13)9(10)2/h7-10,13H,4-6H2,1-3H3/t8-,9?,10?,11?/m1/s1. The maximum Gasteiger partial charge on any atom is 0.120 e. The average molecular weight is 184 g/mol. The predicted molar refractivity (Wildman–Crippen MR) is 52.4 cm³/mol. The molecule has 0 aromatic heterocycles. The van der Waals surface area contributed by atoms with Crippen LogP contribution < -0.4 is 0 Å². The highest BCUT2D eigenvalue weighted by molar-refractivity contribution is 5.49. The second-order valence-corrected chi connectivity index (χ2v) is 4.73. The van der Waals surface area contributed by atoms with E-state index in [1.165, 1.54) is 0 Å². The van der Waals surface area contributed by atoms with E-state index in [-0.39, 0.29) is 0 Å². The fraction of sp³-hybridized carbons (Fsp3) is 0.909. The molecule has 76 valence electrons. The maximum absolute atomic E-state index is 10.4. The lowest BCUT2D eigenvalue weighted by Crippen LogP contribution is -2.31. The predicted octanol–water partition coefficient (Wildman–Crippen LogP) is 2.01. The van der Waals surface area contributed by atoms with Crippen LogP contribution in [0.25, 0.3) is 0 Å². The molecule has 1 N–H and O–H groups in total. The van der Waals surface area contributed by atoms with Crippen molar-refractivity contribution in [1.29, 1.82) is 0 Å². The number of rotatable bonds is 3. The van der Waals surface area contributed by atoms with Gasteiger partial charge >= 0.3 is 0 Å². The molecule has 4 atom stereocenters. The maximum atomic E-state index is 10.4. The Morgan fingerprint density at radius 3 is 2.69 bits per heavy atom. The van der Waals surface area contributed by atoms with Crippen LogP contribution in [0, 0.1) is 17.8 Å². The minimum Gasteiger partial charge on any atom is -0.390 e. The lowest BCUT2D eigenvalue weighted by Gasteiger charge is -2.28. The molecule has 0 aliphatic heterocycles. The molecule has 0 heterocycles. The van der Waals surface area contributed by atoms with E-state index in [4.69, 9.17) is 0 Å².